The van der Waals surface area contributed by atoms with Crippen molar-refractivity contribution in [3.63, 3.8) is 0 Å². The van der Waals surface area contributed by atoms with Crippen molar-refractivity contribution in [1.82, 2.24) is 0 Å². The molecule has 0 saturated heterocycles. The van der Waals surface area contributed by atoms with E-state index in [0.29, 0.717) is 5.88 Å². The minimum Gasteiger partial charge on any atom is -0.325 e. The van der Waals surface area contributed by atoms with Crippen molar-refractivity contribution < 1.29 is 4.79 Å². The van der Waals surface area contributed by atoms with Crippen molar-refractivity contribution in [2.45, 2.75) is 13.8 Å². The molecule has 0 radical (unpaired) electrons. The monoisotopic (exact) mass is 289 g/mol. The molecule has 1 atom stereocenters. The van der Waals surface area contributed by atoms with Crippen LogP contribution in [0.4, 0.5) is 5.69 Å². The van der Waals surface area contributed by atoms with Crippen molar-refractivity contribution in [2.24, 2.45) is 5.92 Å². The first-order chi connectivity index (χ1) is 7.04. The van der Waals surface area contributed by atoms with E-state index in [4.69, 9.17) is 11.6 Å². The average Bonchev–Trinajstić information content (AvgIpc) is 2.20. The smallest absolute Gasteiger partial charge is 0.228 e. The third-order valence-corrected chi connectivity index (χ3v) is 3.18. The normalized spacial score (nSPS) is 12.3. The number of carbonyl (C=O) groups is 1. The lowest BCUT2D eigenvalue weighted by Gasteiger charge is -2.11. The molecule has 0 fully saturated rings. The number of hydrogen-bond acceptors (Lipinski definition) is 1. The number of benzene rings is 1. The first kappa shape index (κ1) is 12.5. The molecule has 2 nitrogen and oxygen atoms in total. The molecule has 0 spiro atoms. The maximum absolute atomic E-state index is 11.6. The highest BCUT2D eigenvalue weighted by Gasteiger charge is 2.12. The second-order valence-electron chi connectivity index (χ2n) is 3.53. The Morgan fingerprint density at radius 3 is 2.80 bits per heavy atom. The molecular weight excluding hydrogens is 277 g/mol. The van der Waals surface area contributed by atoms with E-state index in [9.17, 15) is 4.79 Å². The Hall–Kier alpha value is -0.540. The van der Waals surface area contributed by atoms with Gasteiger partial charge in [0.15, 0.2) is 0 Å². The molecule has 0 aliphatic rings. The lowest BCUT2D eigenvalue weighted by molar-refractivity contribution is -0.118. The van der Waals surface area contributed by atoms with Gasteiger partial charge >= 0.3 is 0 Å². The Morgan fingerprint density at radius 1 is 1.60 bits per heavy atom. The zero-order valence-corrected chi connectivity index (χ0v) is 11.0. The summed E-state index contributed by atoms with van der Waals surface area (Å²) < 4.78 is 0.887. The van der Waals surface area contributed by atoms with E-state index >= 15 is 0 Å². The summed E-state index contributed by atoms with van der Waals surface area (Å²) in [4.78, 5) is 11.6. The number of amides is 1. The number of aryl methyl sites for hydroxylation is 1. The fourth-order valence-electron chi connectivity index (χ4n) is 1.05. The molecule has 4 heteroatoms. The van der Waals surface area contributed by atoms with Gasteiger partial charge in [-0.2, -0.15) is 0 Å². The maximum Gasteiger partial charge on any atom is 0.228 e. The Morgan fingerprint density at radius 2 is 2.27 bits per heavy atom. The SMILES string of the molecule is Cc1ccc(NC(=O)C(C)CCl)c(Br)c1. The van der Waals surface area contributed by atoms with Crippen molar-refractivity contribution >= 4 is 39.1 Å². The van der Waals surface area contributed by atoms with Crippen LogP contribution in [0, 0.1) is 12.8 Å². The van der Waals surface area contributed by atoms with Gasteiger partial charge < -0.3 is 5.32 Å². The molecule has 1 aromatic carbocycles. The molecule has 1 rings (SSSR count). The molecule has 1 N–H and O–H groups in total. The van der Waals surface area contributed by atoms with E-state index in [1.165, 1.54) is 0 Å². The van der Waals surface area contributed by atoms with Gasteiger partial charge in [0.1, 0.15) is 0 Å². The van der Waals surface area contributed by atoms with Gasteiger partial charge in [-0.05, 0) is 40.5 Å². The summed E-state index contributed by atoms with van der Waals surface area (Å²) in [7, 11) is 0. The van der Waals surface area contributed by atoms with Crippen LogP contribution in [0.15, 0.2) is 22.7 Å². The van der Waals surface area contributed by atoms with Crippen molar-refractivity contribution in [3.8, 4) is 0 Å². The van der Waals surface area contributed by atoms with Crippen molar-refractivity contribution in [1.29, 1.82) is 0 Å². The second kappa shape index (κ2) is 5.52. The Bertz CT molecular complexity index is 368. The summed E-state index contributed by atoms with van der Waals surface area (Å²) in [5, 5.41) is 2.82. The van der Waals surface area contributed by atoms with Gasteiger partial charge in [-0.1, -0.05) is 13.0 Å². The van der Waals surface area contributed by atoms with Crippen molar-refractivity contribution in [3.05, 3.63) is 28.2 Å². The lowest BCUT2D eigenvalue weighted by atomic mass is 10.2. The van der Waals surface area contributed by atoms with E-state index in [0.717, 1.165) is 15.7 Å². The van der Waals surface area contributed by atoms with E-state index in [1.54, 1.807) is 6.92 Å². The molecule has 0 saturated carbocycles. The minimum absolute atomic E-state index is 0.0606. The number of halogens is 2. The number of hydrogen-bond donors (Lipinski definition) is 1. The van der Waals surface area contributed by atoms with Gasteiger partial charge in [0.2, 0.25) is 5.91 Å². The number of rotatable bonds is 3. The van der Waals surface area contributed by atoms with Gasteiger partial charge in [-0.25, -0.2) is 0 Å². The molecule has 0 aromatic heterocycles. The Labute approximate surface area is 103 Å². The van der Waals surface area contributed by atoms with Gasteiger partial charge in [-0.3, -0.25) is 4.79 Å². The van der Waals surface area contributed by atoms with Gasteiger partial charge in [0.05, 0.1) is 5.69 Å². The average molecular weight is 291 g/mol. The number of nitrogens with one attached hydrogen (secondary N) is 1. The zero-order valence-electron chi connectivity index (χ0n) is 8.68. The Balaban J connectivity index is 2.77. The minimum atomic E-state index is -0.181. The predicted octanol–water partition coefficient (Wildman–Crippen LogP) is 3.57. The zero-order chi connectivity index (χ0) is 11.4. The Kier molecular flexibility index (Phi) is 4.61. The quantitative estimate of drug-likeness (QED) is 0.847. The van der Waals surface area contributed by atoms with Crippen LogP contribution in [0.5, 0.6) is 0 Å². The van der Waals surface area contributed by atoms with Crippen LogP contribution >= 0.6 is 27.5 Å². The summed E-state index contributed by atoms with van der Waals surface area (Å²) >= 11 is 9.00. The van der Waals surface area contributed by atoms with Crippen LogP contribution in [0.2, 0.25) is 0 Å². The highest BCUT2D eigenvalue weighted by atomic mass is 79.9. The predicted molar refractivity (Wildman–Crippen MR) is 67.4 cm³/mol. The second-order valence-corrected chi connectivity index (χ2v) is 4.69. The number of anilines is 1. The van der Waals surface area contributed by atoms with Crippen LogP contribution in [-0.2, 0) is 4.79 Å². The molecule has 0 aliphatic heterocycles. The molecule has 0 aliphatic carbocycles. The largest absolute Gasteiger partial charge is 0.325 e. The van der Waals surface area contributed by atoms with Crippen LogP contribution in [0.1, 0.15) is 12.5 Å². The van der Waals surface area contributed by atoms with Crippen LogP contribution < -0.4 is 5.32 Å². The summed E-state index contributed by atoms with van der Waals surface area (Å²) in [6.07, 6.45) is 0. The maximum atomic E-state index is 11.6. The van der Waals surface area contributed by atoms with Gasteiger partial charge in [0, 0.05) is 16.3 Å². The fraction of sp³-hybridized carbons (Fsp3) is 0.364. The summed E-state index contributed by atoms with van der Waals surface area (Å²) in [5.74, 6) is 0.0874. The van der Waals surface area contributed by atoms with Gasteiger partial charge in [0.25, 0.3) is 0 Å². The van der Waals surface area contributed by atoms with Crippen LogP contribution in [-0.4, -0.2) is 11.8 Å². The summed E-state index contributed by atoms with van der Waals surface area (Å²) in [6.45, 7) is 3.79. The first-order valence-corrected chi connectivity index (χ1v) is 6.00. The topological polar surface area (TPSA) is 29.1 Å². The molecule has 0 heterocycles. The molecule has 15 heavy (non-hydrogen) atoms. The lowest BCUT2D eigenvalue weighted by Crippen LogP contribution is -2.21. The van der Waals surface area contributed by atoms with Gasteiger partial charge in [-0.15, -0.1) is 11.6 Å². The number of carbonyl (C=O) groups excluding carboxylic acids is 1. The third-order valence-electron chi connectivity index (χ3n) is 2.06. The third kappa shape index (κ3) is 3.50. The highest BCUT2D eigenvalue weighted by molar-refractivity contribution is 9.10. The molecule has 1 aromatic rings. The van der Waals surface area contributed by atoms with E-state index in [1.807, 2.05) is 25.1 Å². The van der Waals surface area contributed by atoms with Crippen molar-refractivity contribution in [2.75, 3.05) is 11.2 Å². The van der Waals surface area contributed by atoms with E-state index in [2.05, 4.69) is 21.2 Å². The standard InChI is InChI=1S/C11H13BrClNO/c1-7-3-4-10(9(12)5-7)14-11(15)8(2)6-13/h3-5,8H,6H2,1-2H3,(H,14,15). The van der Waals surface area contributed by atoms with Crippen LogP contribution in [0.25, 0.3) is 0 Å². The molecular formula is C11H13BrClNO. The summed E-state index contributed by atoms with van der Waals surface area (Å²) in [5.41, 5.74) is 1.92. The van der Waals surface area contributed by atoms with E-state index in [-0.39, 0.29) is 11.8 Å². The van der Waals surface area contributed by atoms with Crippen LogP contribution in [0.3, 0.4) is 0 Å². The highest BCUT2D eigenvalue weighted by Crippen LogP contribution is 2.23. The fourth-order valence-corrected chi connectivity index (χ4v) is 1.78. The molecule has 82 valence electrons. The molecule has 1 unspecified atom stereocenters. The first-order valence-electron chi connectivity index (χ1n) is 4.67. The summed E-state index contributed by atoms with van der Waals surface area (Å²) in [6, 6.07) is 5.78. The molecule has 1 amide bonds. The number of alkyl halides is 1. The molecule has 0 bridgehead atoms. The van der Waals surface area contributed by atoms with E-state index < -0.39 is 0 Å².